The predicted molar refractivity (Wildman–Crippen MR) is 126 cm³/mol. The van der Waals surface area contributed by atoms with Crippen LogP contribution in [0.1, 0.15) is 51.9 Å². The molecular weight excluding hydrogens is 440 g/mol. The first-order valence-corrected chi connectivity index (χ1v) is 11.7. The summed E-state index contributed by atoms with van der Waals surface area (Å²) in [6, 6.07) is 4.28. The summed E-state index contributed by atoms with van der Waals surface area (Å²) in [5, 5.41) is 0.863. The van der Waals surface area contributed by atoms with E-state index in [0.717, 1.165) is 45.7 Å². The maximum absolute atomic E-state index is 13.0. The van der Waals surface area contributed by atoms with Crippen molar-refractivity contribution in [3.63, 3.8) is 0 Å². The van der Waals surface area contributed by atoms with E-state index in [-0.39, 0.29) is 24.5 Å². The van der Waals surface area contributed by atoms with Gasteiger partial charge in [0.15, 0.2) is 6.61 Å². The van der Waals surface area contributed by atoms with E-state index in [0.29, 0.717) is 21.8 Å². The second-order valence-corrected chi connectivity index (χ2v) is 9.69. The number of Topliss-reactive ketones (excluding diaryl/α,β-unsaturated/α-hetero) is 1. The maximum atomic E-state index is 13.0. The maximum Gasteiger partial charge on any atom is 0.326 e. The summed E-state index contributed by atoms with van der Waals surface area (Å²) in [4.78, 5) is 47.7. The van der Waals surface area contributed by atoms with Gasteiger partial charge in [-0.25, -0.2) is 9.97 Å². The van der Waals surface area contributed by atoms with E-state index in [2.05, 4.69) is 14.5 Å². The highest BCUT2D eigenvalue weighted by molar-refractivity contribution is 7.25. The van der Waals surface area contributed by atoms with E-state index in [1.807, 2.05) is 39.8 Å². The number of pyridine rings is 1. The minimum Gasteiger partial charge on any atom is -0.456 e. The molecule has 0 saturated heterocycles. The SMILES string of the molecule is Cc1cc(C)c2c(n1)sc1c(=O)n(CC(=O)OCC(=O)c3cc(C)n(C4CC4)c3C)cnc12. The van der Waals surface area contributed by atoms with Crippen LogP contribution in [0.3, 0.4) is 0 Å². The molecule has 170 valence electrons. The molecule has 1 aliphatic carbocycles. The van der Waals surface area contributed by atoms with Gasteiger partial charge >= 0.3 is 5.97 Å². The lowest BCUT2D eigenvalue weighted by Gasteiger charge is -2.08. The second-order valence-electron chi connectivity index (χ2n) is 8.69. The molecule has 0 atom stereocenters. The van der Waals surface area contributed by atoms with E-state index >= 15 is 0 Å². The molecule has 1 fully saturated rings. The number of nitrogens with zero attached hydrogens (tertiary/aromatic N) is 4. The number of hydrogen-bond acceptors (Lipinski definition) is 7. The number of aryl methyl sites for hydroxylation is 3. The summed E-state index contributed by atoms with van der Waals surface area (Å²) in [7, 11) is 0. The minimum absolute atomic E-state index is 0.245. The van der Waals surface area contributed by atoms with E-state index in [9.17, 15) is 14.4 Å². The molecule has 4 heterocycles. The molecule has 4 aromatic rings. The predicted octanol–water partition coefficient (Wildman–Crippen LogP) is 3.80. The number of carbonyl (C=O) groups excluding carboxylic acids is 2. The molecule has 8 nitrogen and oxygen atoms in total. The van der Waals surface area contributed by atoms with Gasteiger partial charge in [-0.3, -0.25) is 19.0 Å². The van der Waals surface area contributed by atoms with Crippen LogP contribution in [0.5, 0.6) is 0 Å². The molecule has 33 heavy (non-hydrogen) atoms. The van der Waals surface area contributed by atoms with Gasteiger partial charge in [0.2, 0.25) is 5.78 Å². The first kappa shape index (κ1) is 21.5. The van der Waals surface area contributed by atoms with Crippen molar-refractivity contribution in [1.29, 1.82) is 0 Å². The topological polar surface area (TPSA) is 96.1 Å². The molecule has 4 aromatic heterocycles. The molecule has 0 unspecified atom stereocenters. The van der Waals surface area contributed by atoms with Gasteiger partial charge in [0, 0.05) is 34.1 Å². The average Bonchev–Trinajstić information content (AvgIpc) is 3.44. The third-order valence-corrected chi connectivity index (χ3v) is 7.16. The highest BCUT2D eigenvalue weighted by Crippen LogP contribution is 2.38. The Morgan fingerprint density at radius 2 is 1.94 bits per heavy atom. The summed E-state index contributed by atoms with van der Waals surface area (Å²) < 4.78 is 9.05. The van der Waals surface area contributed by atoms with Gasteiger partial charge in [-0.15, -0.1) is 11.3 Å². The summed E-state index contributed by atoms with van der Waals surface area (Å²) in [5.74, 6) is -0.903. The van der Waals surface area contributed by atoms with Gasteiger partial charge in [0.1, 0.15) is 16.1 Å². The summed E-state index contributed by atoms with van der Waals surface area (Å²) >= 11 is 1.27. The zero-order valence-electron chi connectivity index (χ0n) is 19.0. The van der Waals surface area contributed by atoms with E-state index in [4.69, 9.17) is 4.74 Å². The summed E-state index contributed by atoms with van der Waals surface area (Å²) in [6.45, 7) is 7.11. The third kappa shape index (κ3) is 3.76. The van der Waals surface area contributed by atoms with Gasteiger partial charge in [-0.05, 0) is 58.2 Å². The normalized spacial score (nSPS) is 13.7. The minimum atomic E-state index is -0.658. The van der Waals surface area contributed by atoms with Crippen LogP contribution in [-0.2, 0) is 16.1 Å². The Kier molecular flexibility index (Phi) is 5.16. The molecule has 0 aromatic carbocycles. The molecule has 0 bridgehead atoms. The van der Waals surface area contributed by atoms with Crippen LogP contribution in [0.15, 0.2) is 23.3 Å². The van der Waals surface area contributed by atoms with Crippen molar-refractivity contribution in [3.8, 4) is 0 Å². The lowest BCUT2D eigenvalue weighted by molar-refractivity contribution is -0.143. The highest BCUT2D eigenvalue weighted by atomic mass is 32.1. The fourth-order valence-electron chi connectivity index (χ4n) is 4.48. The second kappa shape index (κ2) is 7.91. The van der Waals surface area contributed by atoms with Crippen LogP contribution in [0.2, 0.25) is 0 Å². The first-order valence-electron chi connectivity index (χ1n) is 10.9. The molecule has 0 aliphatic heterocycles. The Labute approximate surface area is 193 Å². The van der Waals surface area contributed by atoms with Gasteiger partial charge in [-0.2, -0.15) is 0 Å². The largest absolute Gasteiger partial charge is 0.456 e. The van der Waals surface area contributed by atoms with Crippen LogP contribution in [0.25, 0.3) is 20.4 Å². The number of ether oxygens (including phenoxy) is 1. The van der Waals surface area contributed by atoms with E-state index < -0.39 is 5.97 Å². The number of aromatic nitrogens is 4. The summed E-state index contributed by atoms with van der Waals surface area (Å²) in [6.07, 6.45) is 3.60. The fourth-order valence-corrected chi connectivity index (χ4v) is 5.68. The first-order chi connectivity index (χ1) is 15.7. The Morgan fingerprint density at radius 1 is 1.18 bits per heavy atom. The van der Waals surface area contributed by atoms with Crippen molar-refractivity contribution in [2.75, 3.05) is 6.61 Å². The molecule has 0 spiro atoms. The molecule has 1 aliphatic rings. The van der Waals surface area contributed by atoms with Crippen molar-refractivity contribution >= 4 is 43.5 Å². The zero-order valence-corrected chi connectivity index (χ0v) is 19.8. The molecule has 9 heteroatoms. The van der Waals surface area contributed by atoms with Crippen molar-refractivity contribution < 1.29 is 14.3 Å². The number of hydrogen-bond donors (Lipinski definition) is 0. The molecular formula is C24H24N4O4S. The van der Waals surface area contributed by atoms with Crippen LogP contribution >= 0.6 is 11.3 Å². The monoisotopic (exact) mass is 464 g/mol. The van der Waals surface area contributed by atoms with Crippen LogP contribution in [0.4, 0.5) is 0 Å². The van der Waals surface area contributed by atoms with Crippen LogP contribution < -0.4 is 5.56 Å². The number of esters is 1. The lowest BCUT2D eigenvalue weighted by atomic mass is 10.1. The average molecular weight is 465 g/mol. The van der Waals surface area contributed by atoms with Gasteiger partial charge < -0.3 is 9.30 Å². The molecule has 0 amide bonds. The summed E-state index contributed by atoms with van der Waals surface area (Å²) in [5.41, 5.74) is 4.68. The fraction of sp³-hybridized carbons (Fsp3) is 0.375. The van der Waals surface area contributed by atoms with Crippen molar-refractivity contribution in [2.45, 2.75) is 53.1 Å². The van der Waals surface area contributed by atoms with Crippen molar-refractivity contribution in [3.05, 3.63) is 57.0 Å². The van der Waals surface area contributed by atoms with E-state index in [1.165, 1.54) is 22.2 Å². The number of thiophene rings is 1. The van der Waals surface area contributed by atoms with Crippen molar-refractivity contribution in [1.82, 2.24) is 19.1 Å². The molecule has 1 saturated carbocycles. The molecule has 0 radical (unpaired) electrons. The molecule has 0 N–H and O–H groups in total. The van der Waals surface area contributed by atoms with E-state index in [1.54, 1.807) is 0 Å². The number of ketones is 1. The Morgan fingerprint density at radius 3 is 2.67 bits per heavy atom. The Balaban J connectivity index is 1.32. The number of fused-ring (bicyclic) bond motifs is 3. The van der Waals surface area contributed by atoms with Gasteiger partial charge in [0.25, 0.3) is 5.56 Å². The Bertz CT molecular complexity index is 1510. The number of rotatable bonds is 6. The lowest BCUT2D eigenvalue weighted by Crippen LogP contribution is -2.26. The third-order valence-electron chi connectivity index (χ3n) is 6.10. The Hall–Kier alpha value is -3.33. The van der Waals surface area contributed by atoms with Crippen molar-refractivity contribution in [2.24, 2.45) is 0 Å². The van der Waals surface area contributed by atoms with Gasteiger partial charge in [-0.1, -0.05) is 0 Å². The highest BCUT2D eigenvalue weighted by Gasteiger charge is 2.28. The quantitative estimate of drug-likeness (QED) is 0.318. The smallest absolute Gasteiger partial charge is 0.326 e. The standard InChI is InChI=1S/C24H24N4O4S/c1-12-7-13(2)26-23-20(12)21-22(33-23)24(31)27(11-25-21)9-19(30)32-10-18(29)17-8-14(3)28(15(17)4)16-5-6-16/h7-8,11,16H,5-6,9-10H2,1-4H3. The van der Waals surface area contributed by atoms with Gasteiger partial charge in [0.05, 0.1) is 11.8 Å². The van der Waals surface area contributed by atoms with Crippen LogP contribution in [0, 0.1) is 27.7 Å². The zero-order chi connectivity index (χ0) is 23.4. The molecule has 5 rings (SSSR count). The van der Waals surface area contributed by atoms with Crippen LogP contribution in [-0.4, -0.2) is 37.5 Å². The number of carbonyl (C=O) groups is 2.